The van der Waals surface area contributed by atoms with E-state index in [1.807, 2.05) is 6.08 Å². The number of hydrogen-bond acceptors (Lipinski definition) is 5. The van der Waals surface area contributed by atoms with Crippen LogP contribution in [0.15, 0.2) is 35.8 Å². The summed E-state index contributed by atoms with van der Waals surface area (Å²) in [5, 5.41) is 13.5. The number of allylic oxidation sites excluding steroid dienone is 5. The Morgan fingerprint density at radius 3 is 2.41 bits per heavy atom. The molecule has 5 nitrogen and oxygen atoms in total. The molecule has 0 saturated heterocycles. The number of nitrogens with one attached hydrogen (secondary N) is 1. The van der Waals surface area contributed by atoms with Gasteiger partial charge in [-0.25, -0.2) is 4.98 Å². The third kappa shape index (κ3) is 1.81. The molecule has 4 bridgehead atoms. The van der Waals surface area contributed by atoms with Gasteiger partial charge in [0.2, 0.25) is 5.95 Å². The maximum atomic E-state index is 10.2. The van der Waals surface area contributed by atoms with Crippen LogP contribution < -0.4 is 5.32 Å². The third-order valence-electron chi connectivity index (χ3n) is 5.33. The summed E-state index contributed by atoms with van der Waals surface area (Å²) in [7, 11) is 0. The molecule has 5 rings (SSSR count). The van der Waals surface area contributed by atoms with Crippen LogP contribution in [0.25, 0.3) is 0 Å². The van der Waals surface area contributed by atoms with Gasteiger partial charge in [-0.05, 0) is 50.3 Å². The minimum atomic E-state index is -0.0857. The maximum absolute atomic E-state index is 10.2. The quantitative estimate of drug-likeness (QED) is 0.769. The second kappa shape index (κ2) is 3.97. The Balaban J connectivity index is 1.75. The van der Waals surface area contributed by atoms with Crippen molar-refractivity contribution in [1.82, 2.24) is 15.0 Å². The molecule has 112 valence electrons. The highest BCUT2D eigenvalue weighted by Crippen LogP contribution is 2.54. The molecule has 5 heteroatoms. The maximum Gasteiger partial charge on any atom is 0.230 e. The molecule has 3 heterocycles. The highest BCUT2D eigenvalue weighted by Gasteiger charge is 2.51. The molecule has 2 spiro atoms. The van der Waals surface area contributed by atoms with Crippen molar-refractivity contribution in [3.05, 3.63) is 47.4 Å². The Labute approximate surface area is 128 Å². The average molecular weight is 294 g/mol. The lowest BCUT2D eigenvalue weighted by atomic mass is 9.98. The number of anilines is 1. The molecule has 0 atom stereocenters. The van der Waals surface area contributed by atoms with Gasteiger partial charge in [0.25, 0.3) is 0 Å². The second-order valence-corrected chi connectivity index (χ2v) is 7.06. The first kappa shape index (κ1) is 12.4. The van der Waals surface area contributed by atoms with Crippen molar-refractivity contribution in [1.29, 1.82) is 0 Å². The van der Waals surface area contributed by atoms with E-state index in [2.05, 4.69) is 27.4 Å². The number of aliphatic hydroxyl groups is 1. The van der Waals surface area contributed by atoms with Gasteiger partial charge in [-0.1, -0.05) is 6.08 Å². The molecule has 0 aromatic carbocycles. The minimum Gasteiger partial charge on any atom is -0.512 e. The molecule has 2 N–H and O–H groups in total. The average Bonchev–Trinajstić information content (AvgIpc) is 3.39. The first-order chi connectivity index (χ1) is 10.7. The molecule has 0 unspecified atom stereocenters. The smallest absolute Gasteiger partial charge is 0.230 e. The van der Waals surface area contributed by atoms with E-state index in [9.17, 15) is 5.11 Å². The van der Waals surface area contributed by atoms with Gasteiger partial charge in [-0.15, -0.1) is 0 Å². The van der Waals surface area contributed by atoms with Gasteiger partial charge in [0, 0.05) is 22.9 Å². The van der Waals surface area contributed by atoms with Crippen LogP contribution in [-0.2, 0) is 10.8 Å². The van der Waals surface area contributed by atoms with Crippen LogP contribution in [0.1, 0.15) is 50.2 Å². The molecule has 1 aromatic heterocycles. The van der Waals surface area contributed by atoms with Crippen LogP contribution in [0, 0.1) is 0 Å². The lowest BCUT2D eigenvalue weighted by molar-refractivity contribution is 0.364. The van der Waals surface area contributed by atoms with Crippen LogP contribution in [0.2, 0.25) is 0 Å². The van der Waals surface area contributed by atoms with E-state index in [0.717, 1.165) is 49.4 Å². The Kier molecular flexibility index (Phi) is 2.23. The molecule has 2 saturated carbocycles. The molecule has 2 aliphatic carbocycles. The molecule has 1 aromatic rings. The first-order valence-electron chi connectivity index (χ1n) is 7.98. The Morgan fingerprint density at radius 2 is 1.68 bits per heavy atom. The fourth-order valence-corrected chi connectivity index (χ4v) is 3.48. The van der Waals surface area contributed by atoms with E-state index in [4.69, 9.17) is 4.98 Å². The summed E-state index contributed by atoms with van der Waals surface area (Å²) >= 11 is 0. The van der Waals surface area contributed by atoms with Gasteiger partial charge < -0.3 is 10.4 Å². The molecule has 22 heavy (non-hydrogen) atoms. The Hall–Kier alpha value is -2.17. The molecule has 0 amide bonds. The normalized spacial score (nSPS) is 32.0. The Bertz CT molecular complexity index is 754. The zero-order valence-corrected chi connectivity index (χ0v) is 12.3. The number of fused-ring (bicyclic) bond motifs is 5. The number of aliphatic hydroxyl groups excluding tert-OH is 1. The SMILES string of the molecule is O/C1=C/C=C2/C=C\CC3(CC3)c3nc(nc(n3)C3(CC3)C1)N2. The predicted molar refractivity (Wildman–Crippen MR) is 82.4 cm³/mol. The van der Waals surface area contributed by atoms with E-state index >= 15 is 0 Å². The molecule has 2 aliphatic heterocycles. The summed E-state index contributed by atoms with van der Waals surface area (Å²) in [6, 6.07) is 0. The largest absolute Gasteiger partial charge is 0.512 e. The second-order valence-electron chi connectivity index (χ2n) is 7.06. The van der Waals surface area contributed by atoms with E-state index < -0.39 is 0 Å². The lowest BCUT2D eigenvalue weighted by Gasteiger charge is -2.18. The van der Waals surface area contributed by atoms with E-state index in [-0.39, 0.29) is 10.8 Å². The number of hydrogen-bond donors (Lipinski definition) is 2. The standard InChI is InChI=1S/C17H18N4O/c22-12-4-3-11-2-1-5-16(6-7-16)13-19-14(17(10-12)8-9-17)21-15(18-11)20-13/h1-4,22H,5-10H2,(H,18,19,20,21)/b2-1-,11-3-,12-4+. The highest BCUT2D eigenvalue weighted by molar-refractivity contribution is 5.45. The first-order valence-corrected chi connectivity index (χ1v) is 7.98. The molecule has 4 aliphatic rings. The molecular weight excluding hydrogens is 276 g/mol. The van der Waals surface area contributed by atoms with Crippen LogP contribution in [0.4, 0.5) is 5.95 Å². The van der Waals surface area contributed by atoms with Crippen LogP contribution in [0.5, 0.6) is 0 Å². The van der Waals surface area contributed by atoms with Crippen molar-refractivity contribution in [3.63, 3.8) is 0 Å². The fourth-order valence-electron chi connectivity index (χ4n) is 3.48. The summed E-state index contributed by atoms with van der Waals surface area (Å²) in [4.78, 5) is 14.2. The number of aromatic nitrogens is 3. The van der Waals surface area contributed by atoms with Crippen molar-refractivity contribution >= 4 is 5.95 Å². The zero-order valence-electron chi connectivity index (χ0n) is 12.3. The van der Waals surface area contributed by atoms with Crippen LogP contribution in [0.3, 0.4) is 0 Å². The van der Waals surface area contributed by atoms with Crippen molar-refractivity contribution in [3.8, 4) is 0 Å². The monoisotopic (exact) mass is 294 g/mol. The van der Waals surface area contributed by atoms with Crippen molar-refractivity contribution in [2.24, 2.45) is 0 Å². The highest BCUT2D eigenvalue weighted by atomic mass is 16.3. The van der Waals surface area contributed by atoms with Gasteiger partial charge >= 0.3 is 0 Å². The van der Waals surface area contributed by atoms with Crippen LogP contribution in [-0.4, -0.2) is 20.1 Å². The van der Waals surface area contributed by atoms with Gasteiger partial charge in [-0.2, -0.15) is 9.97 Å². The molecule has 2 fully saturated rings. The van der Waals surface area contributed by atoms with Crippen LogP contribution >= 0.6 is 0 Å². The van der Waals surface area contributed by atoms with E-state index in [1.165, 1.54) is 0 Å². The third-order valence-corrected chi connectivity index (χ3v) is 5.33. The minimum absolute atomic E-state index is 0.0857. The van der Waals surface area contributed by atoms with Gasteiger partial charge in [0.05, 0.1) is 5.76 Å². The zero-order chi connectivity index (χ0) is 14.8. The summed E-state index contributed by atoms with van der Waals surface area (Å²) < 4.78 is 0. The van der Waals surface area contributed by atoms with Crippen molar-refractivity contribution in [2.45, 2.75) is 49.4 Å². The summed E-state index contributed by atoms with van der Waals surface area (Å²) in [5.41, 5.74) is 0.927. The van der Waals surface area contributed by atoms with Gasteiger partial charge in [0.15, 0.2) is 0 Å². The predicted octanol–water partition coefficient (Wildman–Crippen LogP) is 3.04. The van der Waals surface area contributed by atoms with E-state index in [0.29, 0.717) is 18.1 Å². The molecule has 0 radical (unpaired) electrons. The molecular formula is C17H18N4O. The summed E-state index contributed by atoms with van der Waals surface area (Å²) in [6.07, 6.45) is 13.9. The van der Waals surface area contributed by atoms with E-state index in [1.54, 1.807) is 6.08 Å². The topological polar surface area (TPSA) is 70.9 Å². The van der Waals surface area contributed by atoms with Crippen molar-refractivity contribution in [2.75, 3.05) is 5.32 Å². The number of rotatable bonds is 0. The fraction of sp³-hybridized carbons (Fsp3) is 0.471. The Morgan fingerprint density at radius 1 is 0.955 bits per heavy atom. The van der Waals surface area contributed by atoms with Gasteiger partial charge in [0.1, 0.15) is 11.6 Å². The van der Waals surface area contributed by atoms with Gasteiger partial charge in [-0.3, -0.25) is 0 Å². The summed E-state index contributed by atoms with van der Waals surface area (Å²) in [6.45, 7) is 0. The summed E-state index contributed by atoms with van der Waals surface area (Å²) in [5.74, 6) is 2.83. The van der Waals surface area contributed by atoms with Crippen molar-refractivity contribution < 1.29 is 5.11 Å². The number of nitrogens with zero attached hydrogens (tertiary/aromatic N) is 3. The lowest BCUT2D eigenvalue weighted by Crippen LogP contribution is -2.21.